The van der Waals surface area contributed by atoms with Crippen molar-refractivity contribution in [3.8, 4) is 5.75 Å². The van der Waals surface area contributed by atoms with Crippen molar-refractivity contribution in [3.63, 3.8) is 0 Å². The van der Waals surface area contributed by atoms with Gasteiger partial charge in [-0.05, 0) is 0 Å². The van der Waals surface area contributed by atoms with Crippen molar-refractivity contribution < 1.29 is 34.4 Å². The number of ether oxygens (including phenoxy) is 1. The quantitative estimate of drug-likeness (QED) is 0.430. The Kier molecular flexibility index (Phi) is 6.65. The predicted molar refractivity (Wildman–Crippen MR) is 96.6 cm³/mol. The Balaban J connectivity index is 1.53. The third-order valence-electron chi connectivity index (χ3n) is 5.41. The Morgan fingerprint density at radius 1 is 1.16 bits per heavy atom. The van der Waals surface area contributed by atoms with E-state index in [2.05, 4.69) is 11.8 Å². The molecule has 2 fully saturated rings. The van der Waals surface area contributed by atoms with Crippen LogP contribution in [0.1, 0.15) is 26.2 Å². The first-order chi connectivity index (χ1) is 11.9. The molecule has 2 saturated heterocycles. The zero-order valence-corrected chi connectivity index (χ0v) is 18.1. The molecule has 3 rings (SSSR count). The molecule has 6 heteroatoms. The molecule has 0 radical (unpaired) electrons. The fraction of sp³-hybridized carbons (Fsp3) is 0.684. The van der Waals surface area contributed by atoms with Gasteiger partial charge < -0.3 is 0 Å². The van der Waals surface area contributed by atoms with E-state index in [9.17, 15) is 8.42 Å². The molecule has 0 bridgehead atoms. The molecule has 0 N–H and O–H groups in total. The topological polar surface area (TPSA) is 46.6 Å². The summed E-state index contributed by atoms with van der Waals surface area (Å²) in [5.74, 6) is 1.98. The van der Waals surface area contributed by atoms with Crippen molar-refractivity contribution in [2.24, 2.45) is 11.8 Å². The van der Waals surface area contributed by atoms with Crippen molar-refractivity contribution >= 4 is 9.84 Å². The van der Waals surface area contributed by atoms with E-state index in [4.69, 9.17) is 4.74 Å². The number of rotatable bonds is 5. The number of halogens is 1. The van der Waals surface area contributed by atoms with Crippen LogP contribution < -0.4 is 25.9 Å². The van der Waals surface area contributed by atoms with E-state index in [0.717, 1.165) is 24.9 Å². The SMILES string of the molecule is CC1CN(C2CCC[I-]CC2)CC1COc1ccc(S(C)(=O)=O)cc1. The molecule has 0 saturated carbocycles. The van der Waals surface area contributed by atoms with Crippen LogP contribution in [0.5, 0.6) is 5.75 Å². The fourth-order valence-electron chi connectivity index (χ4n) is 3.79. The summed E-state index contributed by atoms with van der Waals surface area (Å²) in [6.45, 7) is 5.40. The first-order valence-corrected chi connectivity index (χ1v) is 14.1. The van der Waals surface area contributed by atoms with Crippen molar-refractivity contribution in [2.75, 3.05) is 34.8 Å². The Morgan fingerprint density at radius 3 is 2.64 bits per heavy atom. The van der Waals surface area contributed by atoms with Crippen LogP contribution in [0.15, 0.2) is 29.2 Å². The molecule has 0 aromatic heterocycles. The van der Waals surface area contributed by atoms with E-state index in [1.165, 1.54) is 40.9 Å². The fourth-order valence-corrected chi connectivity index (χ4v) is 7.10. The molecule has 2 heterocycles. The van der Waals surface area contributed by atoms with Gasteiger partial charge in [0.15, 0.2) is 9.84 Å². The first-order valence-electron chi connectivity index (χ1n) is 9.14. The van der Waals surface area contributed by atoms with Gasteiger partial charge in [-0.25, -0.2) is 8.42 Å². The predicted octanol–water partition coefficient (Wildman–Crippen LogP) is -0.322. The van der Waals surface area contributed by atoms with Crippen molar-refractivity contribution in [2.45, 2.75) is 37.1 Å². The molecule has 3 unspecified atom stereocenters. The molecular formula is C19H29INO3S-. The summed E-state index contributed by atoms with van der Waals surface area (Å²) in [7, 11) is -3.14. The van der Waals surface area contributed by atoms with Gasteiger partial charge in [0.1, 0.15) is 0 Å². The summed E-state index contributed by atoms with van der Waals surface area (Å²) in [6.07, 6.45) is 5.44. The number of likely N-dealkylation sites (tertiary alicyclic amines) is 1. The molecule has 1 aromatic rings. The Labute approximate surface area is 162 Å². The van der Waals surface area contributed by atoms with Crippen molar-refractivity contribution in [1.29, 1.82) is 0 Å². The average Bonchev–Trinajstić information content (AvgIpc) is 2.77. The number of hydrogen-bond donors (Lipinski definition) is 0. The molecule has 0 spiro atoms. The second kappa shape index (κ2) is 8.57. The van der Waals surface area contributed by atoms with Gasteiger partial charge >= 0.3 is 138 Å². The summed E-state index contributed by atoms with van der Waals surface area (Å²) in [6, 6.07) is 7.59. The zero-order valence-electron chi connectivity index (χ0n) is 15.2. The van der Waals surface area contributed by atoms with E-state index in [0.29, 0.717) is 37.9 Å². The van der Waals surface area contributed by atoms with Crippen LogP contribution in [0, 0.1) is 11.8 Å². The number of benzene rings is 1. The van der Waals surface area contributed by atoms with Gasteiger partial charge in [0.05, 0.1) is 0 Å². The number of alkyl halides is 2. The average molecular weight is 478 g/mol. The summed E-state index contributed by atoms with van der Waals surface area (Å²) >= 11 is 0.478. The monoisotopic (exact) mass is 478 g/mol. The molecule has 2 aliphatic heterocycles. The first kappa shape index (κ1) is 19.4. The standard InChI is InChI=1S/C19H29INO3S/c1-15-12-21(17-4-3-10-20-11-9-17)13-16(15)14-24-18-5-7-19(8-6-18)25(2,22)23/h5-8,15-17H,3-4,9-14H2,1-2H3/q-1. The minimum atomic E-state index is -3.14. The van der Waals surface area contributed by atoms with Gasteiger partial charge in [0, 0.05) is 6.26 Å². The Hall–Kier alpha value is -0.340. The normalized spacial score (nSPS) is 29.0. The van der Waals surface area contributed by atoms with Crippen molar-refractivity contribution in [3.05, 3.63) is 24.3 Å². The third-order valence-corrected chi connectivity index (χ3v) is 9.45. The van der Waals surface area contributed by atoms with Gasteiger partial charge in [-0.1, -0.05) is 0 Å². The number of hydrogen-bond acceptors (Lipinski definition) is 4. The van der Waals surface area contributed by atoms with Crippen LogP contribution in [0.4, 0.5) is 0 Å². The maximum absolute atomic E-state index is 11.5. The van der Waals surface area contributed by atoms with E-state index in [1.54, 1.807) is 24.3 Å². The molecule has 1 aromatic carbocycles. The third kappa shape index (κ3) is 5.32. The molecule has 2 aliphatic rings. The van der Waals surface area contributed by atoms with Gasteiger partial charge in [0.25, 0.3) is 0 Å². The number of nitrogens with zero attached hydrogens (tertiary/aromatic N) is 1. The Bertz CT molecular complexity index is 654. The van der Waals surface area contributed by atoms with E-state index in [1.807, 2.05) is 0 Å². The summed E-state index contributed by atoms with van der Waals surface area (Å²) in [5.41, 5.74) is 0. The van der Waals surface area contributed by atoms with Crippen LogP contribution in [0.25, 0.3) is 0 Å². The molecule has 0 aliphatic carbocycles. The summed E-state index contributed by atoms with van der Waals surface area (Å²) in [4.78, 5) is 3.05. The molecule has 4 nitrogen and oxygen atoms in total. The second-order valence-corrected chi connectivity index (χ2v) is 12.6. The van der Waals surface area contributed by atoms with Crippen LogP contribution in [0.3, 0.4) is 0 Å². The molecule has 25 heavy (non-hydrogen) atoms. The van der Waals surface area contributed by atoms with E-state index < -0.39 is 9.84 Å². The van der Waals surface area contributed by atoms with Crippen LogP contribution in [-0.2, 0) is 9.84 Å². The van der Waals surface area contributed by atoms with Gasteiger partial charge in [-0.3, -0.25) is 0 Å². The molecule has 142 valence electrons. The maximum atomic E-state index is 11.5. The summed E-state index contributed by atoms with van der Waals surface area (Å²) in [5, 5.41) is 0. The van der Waals surface area contributed by atoms with Gasteiger partial charge in [0.2, 0.25) is 0 Å². The van der Waals surface area contributed by atoms with E-state index >= 15 is 0 Å². The molecule has 3 atom stereocenters. The van der Waals surface area contributed by atoms with Crippen LogP contribution in [-0.4, -0.2) is 54.2 Å². The minimum absolute atomic E-state index is 0.344. The number of sulfone groups is 1. The van der Waals surface area contributed by atoms with Crippen LogP contribution in [0.2, 0.25) is 0 Å². The second-order valence-electron chi connectivity index (χ2n) is 7.40. The Morgan fingerprint density at radius 2 is 1.92 bits per heavy atom. The van der Waals surface area contributed by atoms with Gasteiger partial charge in [-0.15, -0.1) is 0 Å². The molecule has 0 amide bonds. The zero-order chi connectivity index (χ0) is 17.9. The van der Waals surface area contributed by atoms with E-state index in [-0.39, 0.29) is 0 Å². The summed E-state index contributed by atoms with van der Waals surface area (Å²) < 4.78 is 32.0. The van der Waals surface area contributed by atoms with Crippen LogP contribution >= 0.6 is 0 Å². The van der Waals surface area contributed by atoms with Crippen molar-refractivity contribution in [1.82, 2.24) is 4.90 Å². The van der Waals surface area contributed by atoms with Gasteiger partial charge in [-0.2, -0.15) is 0 Å². The molecular weight excluding hydrogens is 449 g/mol.